The molecule has 1 fully saturated rings. The van der Waals surface area contributed by atoms with Crippen LogP contribution in [0.1, 0.15) is 74.2 Å². The molecule has 1 aliphatic rings. The zero-order valence-corrected chi connectivity index (χ0v) is 27.6. The van der Waals surface area contributed by atoms with Crippen molar-refractivity contribution in [3.8, 4) is 0 Å². The minimum atomic E-state index is -3.16. The summed E-state index contributed by atoms with van der Waals surface area (Å²) in [5.41, 5.74) is 3.00. The van der Waals surface area contributed by atoms with Gasteiger partial charge in [-0.05, 0) is 68.1 Å². The first kappa shape index (κ1) is 35.9. The smallest absolute Gasteiger partial charge is 0.407 e. The Morgan fingerprint density at radius 3 is 2.15 bits per heavy atom. The van der Waals surface area contributed by atoms with Gasteiger partial charge in [0.15, 0.2) is 0 Å². The van der Waals surface area contributed by atoms with Gasteiger partial charge in [0.1, 0.15) is 18.8 Å². The van der Waals surface area contributed by atoms with Gasteiger partial charge >= 0.3 is 20.3 Å². The molecule has 1 aliphatic heterocycles. The van der Waals surface area contributed by atoms with Gasteiger partial charge in [-0.1, -0.05) is 97.4 Å². The van der Waals surface area contributed by atoms with E-state index < -0.39 is 44.5 Å². The number of aliphatic carboxylic acids is 1. The number of benzene rings is 3. The number of likely N-dealkylation sites (tertiary alicyclic amines) is 1. The molecule has 3 aromatic carbocycles. The summed E-state index contributed by atoms with van der Waals surface area (Å²) < 4.78 is 30.4. The van der Waals surface area contributed by atoms with Crippen molar-refractivity contribution in [3.05, 3.63) is 108 Å². The first-order valence-electron chi connectivity index (χ1n) is 16.3. The molecule has 0 bridgehead atoms. The summed E-state index contributed by atoms with van der Waals surface area (Å²) in [4.78, 5) is 38.8. The number of amides is 2. The summed E-state index contributed by atoms with van der Waals surface area (Å²) in [6, 6.07) is 28.1. The molecule has 4 atom stereocenters. The molecule has 0 saturated carbocycles. The second-order valence-corrected chi connectivity index (χ2v) is 12.6. The number of aryl methyl sites for hydroxylation is 1. The molecule has 0 spiro atoms. The van der Waals surface area contributed by atoms with Crippen molar-refractivity contribution >= 4 is 26.2 Å². The maximum atomic E-state index is 13.6. The minimum Gasteiger partial charge on any atom is -0.480 e. The third-order valence-electron chi connectivity index (χ3n) is 8.14. The number of rotatable bonds is 19. The van der Waals surface area contributed by atoms with Gasteiger partial charge in [-0.15, -0.1) is 0 Å². The Balaban J connectivity index is 1.31. The monoisotopic (exact) mass is 664 g/mol. The second kappa shape index (κ2) is 19.6. The molecule has 1 saturated heterocycles. The van der Waals surface area contributed by atoms with E-state index in [1.54, 1.807) is 0 Å². The summed E-state index contributed by atoms with van der Waals surface area (Å²) in [6.07, 6.45) is 3.20. The van der Waals surface area contributed by atoms with Gasteiger partial charge < -0.3 is 24.6 Å². The third kappa shape index (κ3) is 12.3. The summed E-state index contributed by atoms with van der Waals surface area (Å²) in [5.74, 6) is -1.58. The highest BCUT2D eigenvalue weighted by Crippen LogP contribution is 2.38. The van der Waals surface area contributed by atoms with Crippen molar-refractivity contribution in [2.24, 2.45) is 0 Å². The first-order valence-corrected chi connectivity index (χ1v) is 17.6. The van der Waals surface area contributed by atoms with Crippen molar-refractivity contribution in [1.82, 2.24) is 10.2 Å². The number of hydrogen-bond acceptors (Lipinski definition) is 7. The van der Waals surface area contributed by atoms with Gasteiger partial charge in [0.05, 0.1) is 6.10 Å². The van der Waals surface area contributed by atoms with Gasteiger partial charge in [-0.3, -0.25) is 13.9 Å². The molecular formula is C36H45N2O8P. The Labute approximate surface area is 277 Å². The van der Waals surface area contributed by atoms with Crippen LogP contribution in [0, 0.1) is 0 Å². The standard InChI is InChI=1S/C36H45N2O8P/c39-34(38-26-14-22-31(38)35(40)41)33(24-12-13-25-37-36(42)44-27-29-18-6-2-7-19-29)46-47(43)45-32(30-20-8-3-9-21-30)23-11-10-17-28-15-4-1-5-16-28/h1-9,15-16,18-21,31-33,47H,10-14,17,22-27H2,(H,37,42)(H,40,41)/t31-,32?,33-/m0/s1. The van der Waals surface area contributed by atoms with Crippen LogP contribution in [0.2, 0.25) is 0 Å². The second-order valence-electron chi connectivity index (χ2n) is 11.6. The van der Waals surface area contributed by atoms with Crippen molar-refractivity contribution in [3.63, 3.8) is 0 Å². The van der Waals surface area contributed by atoms with E-state index in [0.717, 1.165) is 30.4 Å². The van der Waals surface area contributed by atoms with E-state index in [2.05, 4.69) is 17.4 Å². The van der Waals surface area contributed by atoms with E-state index in [1.807, 2.05) is 78.9 Å². The van der Waals surface area contributed by atoms with Gasteiger partial charge in [0, 0.05) is 13.1 Å². The van der Waals surface area contributed by atoms with Crippen LogP contribution in [0.15, 0.2) is 91.0 Å². The normalized spacial score (nSPS) is 16.3. The molecule has 2 amide bonds. The van der Waals surface area contributed by atoms with Crippen LogP contribution in [-0.4, -0.2) is 53.2 Å². The molecule has 11 heteroatoms. The van der Waals surface area contributed by atoms with Crippen LogP contribution in [-0.2, 0) is 41.0 Å². The Morgan fingerprint density at radius 1 is 0.830 bits per heavy atom. The number of nitrogens with one attached hydrogen (secondary N) is 1. The predicted molar refractivity (Wildman–Crippen MR) is 179 cm³/mol. The highest BCUT2D eigenvalue weighted by Gasteiger charge is 2.38. The zero-order valence-electron chi connectivity index (χ0n) is 26.6. The highest BCUT2D eigenvalue weighted by molar-refractivity contribution is 7.33. The molecule has 47 heavy (non-hydrogen) atoms. The lowest BCUT2D eigenvalue weighted by atomic mass is 10.0. The number of nitrogens with zero attached hydrogens (tertiary/aromatic N) is 1. The number of carboxylic acid groups (broad SMARTS) is 1. The molecule has 0 aliphatic carbocycles. The number of hydrogen-bond donors (Lipinski definition) is 2. The van der Waals surface area contributed by atoms with Crippen LogP contribution in [0.3, 0.4) is 0 Å². The fourth-order valence-corrected chi connectivity index (χ4v) is 6.64. The van der Waals surface area contributed by atoms with E-state index in [0.29, 0.717) is 45.2 Å². The van der Waals surface area contributed by atoms with Crippen molar-refractivity contribution in [2.45, 2.75) is 82.6 Å². The first-order chi connectivity index (χ1) is 22.9. The van der Waals surface area contributed by atoms with Crippen molar-refractivity contribution in [1.29, 1.82) is 0 Å². The minimum absolute atomic E-state index is 0.156. The number of unbranched alkanes of at least 4 members (excludes halogenated alkanes) is 2. The molecule has 3 aromatic rings. The molecule has 0 aromatic heterocycles. The molecule has 4 rings (SSSR count). The lowest BCUT2D eigenvalue weighted by Gasteiger charge is -2.27. The highest BCUT2D eigenvalue weighted by atomic mass is 31.1. The van der Waals surface area contributed by atoms with E-state index in [9.17, 15) is 24.1 Å². The number of carbonyl (C=O) groups is 3. The van der Waals surface area contributed by atoms with Gasteiger partial charge in [0.2, 0.25) is 0 Å². The van der Waals surface area contributed by atoms with Crippen LogP contribution < -0.4 is 5.32 Å². The Morgan fingerprint density at radius 2 is 1.47 bits per heavy atom. The van der Waals surface area contributed by atoms with Gasteiger partial charge in [0.25, 0.3) is 5.91 Å². The predicted octanol–water partition coefficient (Wildman–Crippen LogP) is 7.10. The number of carbonyl (C=O) groups excluding carboxylic acids is 2. The quantitative estimate of drug-likeness (QED) is 0.102. The summed E-state index contributed by atoms with van der Waals surface area (Å²) in [5, 5.41) is 12.4. The fraction of sp³-hybridized carbons (Fsp3) is 0.417. The number of alkyl carbamates (subject to hydrolysis) is 1. The molecule has 0 radical (unpaired) electrons. The van der Waals surface area contributed by atoms with E-state index in [1.165, 1.54) is 10.5 Å². The molecule has 1 heterocycles. The Bertz CT molecular complexity index is 1410. The Hall–Kier alpha value is -3.98. The van der Waals surface area contributed by atoms with E-state index in [4.69, 9.17) is 13.8 Å². The SMILES string of the molecule is O=C(NCCCC[C@H](O[PH](=O)OC(CCCCc1ccccc1)c1ccccc1)C(=O)N1CCC[C@H]1C(=O)O)OCc1ccccc1. The molecular weight excluding hydrogens is 619 g/mol. The topological polar surface area (TPSA) is 131 Å². The van der Waals surface area contributed by atoms with Crippen LogP contribution in [0.5, 0.6) is 0 Å². The molecule has 2 N–H and O–H groups in total. The fourth-order valence-electron chi connectivity index (χ4n) is 5.65. The maximum absolute atomic E-state index is 13.6. The van der Waals surface area contributed by atoms with Crippen molar-refractivity contribution in [2.75, 3.05) is 13.1 Å². The van der Waals surface area contributed by atoms with Crippen LogP contribution in [0.4, 0.5) is 4.79 Å². The van der Waals surface area contributed by atoms with Gasteiger partial charge in [-0.2, -0.15) is 0 Å². The van der Waals surface area contributed by atoms with Crippen LogP contribution >= 0.6 is 8.25 Å². The zero-order chi connectivity index (χ0) is 33.3. The van der Waals surface area contributed by atoms with Gasteiger partial charge in [-0.25, -0.2) is 9.59 Å². The summed E-state index contributed by atoms with van der Waals surface area (Å²) in [7, 11) is -3.16. The maximum Gasteiger partial charge on any atom is 0.407 e. The summed E-state index contributed by atoms with van der Waals surface area (Å²) >= 11 is 0. The van der Waals surface area contributed by atoms with Crippen LogP contribution in [0.25, 0.3) is 0 Å². The Kier molecular flexibility index (Phi) is 15.0. The number of ether oxygens (including phenoxy) is 1. The largest absolute Gasteiger partial charge is 0.480 e. The van der Waals surface area contributed by atoms with Crippen molar-refractivity contribution < 1.29 is 37.8 Å². The lowest BCUT2D eigenvalue weighted by molar-refractivity contribution is -0.151. The molecule has 2 unspecified atom stereocenters. The number of carboxylic acids is 1. The average molecular weight is 665 g/mol. The summed E-state index contributed by atoms with van der Waals surface area (Å²) in [6.45, 7) is 0.754. The van der Waals surface area contributed by atoms with E-state index >= 15 is 0 Å². The lowest BCUT2D eigenvalue weighted by Crippen LogP contribution is -2.45. The molecule has 252 valence electrons. The molecule has 10 nitrogen and oxygen atoms in total. The van der Waals surface area contributed by atoms with E-state index in [-0.39, 0.29) is 13.0 Å². The average Bonchev–Trinajstić information content (AvgIpc) is 3.60. The third-order valence-corrected chi connectivity index (χ3v) is 9.10.